The molecule has 0 fully saturated rings. The van der Waals surface area contributed by atoms with Crippen LogP contribution >= 0.6 is 0 Å². The molecule has 74 valence electrons. The van der Waals surface area contributed by atoms with Crippen LogP contribution in [0.25, 0.3) is 0 Å². The lowest BCUT2D eigenvalue weighted by atomic mass is 10.2. The zero-order chi connectivity index (χ0) is 10.1. The van der Waals surface area contributed by atoms with Crippen LogP contribution in [0.2, 0.25) is 0 Å². The van der Waals surface area contributed by atoms with Gasteiger partial charge >= 0.3 is 0 Å². The molecule has 0 saturated heterocycles. The highest BCUT2D eigenvalue weighted by Crippen LogP contribution is 1.93. The average molecular weight is 184 g/mol. The number of carbonyl (C=O) groups is 1. The van der Waals surface area contributed by atoms with Crippen molar-refractivity contribution in [2.75, 3.05) is 20.2 Å². The summed E-state index contributed by atoms with van der Waals surface area (Å²) in [6, 6.07) is 0. The molecule has 0 heterocycles. The van der Waals surface area contributed by atoms with E-state index in [0.717, 1.165) is 0 Å². The number of amides is 1. The van der Waals surface area contributed by atoms with E-state index < -0.39 is 0 Å². The number of methoxy groups -OCH3 is 1. The van der Waals surface area contributed by atoms with Crippen molar-refractivity contribution < 1.29 is 9.53 Å². The fraction of sp³-hybridized carbons (Fsp3) is 0.667. The monoisotopic (exact) mass is 184 g/mol. The Kier molecular flexibility index (Phi) is 6.98. The van der Waals surface area contributed by atoms with Gasteiger partial charge in [0.15, 0.2) is 0 Å². The summed E-state index contributed by atoms with van der Waals surface area (Å²) in [5, 5.41) is 2.63. The molecule has 0 aliphatic carbocycles. The first-order valence-corrected chi connectivity index (χ1v) is 4.13. The number of nitrogens with one attached hydrogen (secondary N) is 1. The van der Waals surface area contributed by atoms with Gasteiger partial charge in [-0.25, -0.2) is 0 Å². The lowest BCUT2D eigenvalue weighted by molar-refractivity contribution is -0.123. The third kappa shape index (κ3) is 6.14. The van der Waals surface area contributed by atoms with Gasteiger partial charge in [-0.2, -0.15) is 0 Å². The smallest absolute Gasteiger partial charge is 0.223 e. The fourth-order valence-corrected chi connectivity index (χ4v) is 0.773. The maximum absolute atomic E-state index is 11.1. The first-order chi connectivity index (χ1) is 6.24. The van der Waals surface area contributed by atoms with Crippen LogP contribution < -0.4 is 11.1 Å². The van der Waals surface area contributed by atoms with Gasteiger partial charge in [0.05, 0.1) is 19.1 Å². The summed E-state index contributed by atoms with van der Waals surface area (Å²) in [4.78, 5) is 11.1. The van der Waals surface area contributed by atoms with Crippen LogP contribution in [0.15, 0.2) is 0 Å². The summed E-state index contributed by atoms with van der Waals surface area (Å²) in [7, 11) is 1.54. The van der Waals surface area contributed by atoms with E-state index in [2.05, 4.69) is 17.2 Å². The zero-order valence-electron chi connectivity index (χ0n) is 8.09. The number of carbonyl (C=O) groups excluding carboxylic acids is 1. The molecule has 0 rings (SSSR count). The summed E-state index contributed by atoms with van der Waals surface area (Å²) < 4.78 is 4.95. The molecule has 1 unspecified atom stereocenters. The second-order valence-electron chi connectivity index (χ2n) is 2.50. The Morgan fingerprint density at radius 1 is 1.69 bits per heavy atom. The van der Waals surface area contributed by atoms with Crippen molar-refractivity contribution in [2.24, 2.45) is 5.73 Å². The highest BCUT2D eigenvalue weighted by Gasteiger charge is 2.09. The highest BCUT2D eigenvalue weighted by molar-refractivity contribution is 5.76. The Morgan fingerprint density at radius 3 is 2.85 bits per heavy atom. The number of hydrogen-bond donors (Lipinski definition) is 2. The topological polar surface area (TPSA) is 64.4 Å². The van der Waals surface area contributed by atoms with Crippen LogP contribution in [0.3, 0.4) is 0 Å². The Bertz CT molecular complexity index is 201. The normalized spacial score (nSPS) is 11.3. The van der Waals surface area contributed by atoms with E-state index in [0.29, 0.717) is 19.5 Å². The molecule has 0 saturated carbocycles. The van der Waals surface area contributed by atoms with Gasteiger partial charge in [0, 0.05) is 13.7 Å². The molecule has 1 atom stereocenters. The highest BCUT2D eigenvalue weighted by atomic mass is 16.5. The van der Waals surface area contributed by atoms with Gasteiger partial charge in [0.25, 0.3) is 0 Å². The first-order valence-electron chi connectivity index (χ1n) is 4.13. The van der Waals surface area contributed by atoms with Crippen molar-refractivity contribution in [1.82, 2.24) is 5.32 Å². The average Bonchev–Trinajstić information content (AvgIpc) is 2.14. The fourth-order valence-electron chi connectivity index (χ4n) is 0.773. The SMILES string of the molecule is CC#CCNC(=O)CC(CN)OC. The third-order valence-corrected chi connectivity index (χ3v) is 1.56. The Labute approximate surface area is 78.8 Å². The molecule has 0 spiro atoms. The van der Waals surface area contributed by atoms with Gasteiger partial charge in [0.1, 0.15) is 0 Å². The quantitative estimate of drug-likeness (QED) is 0.566. The molecule has 0 aromatic rings. The number of nitrogens with two attached hydrogens (primary N) is 1. The molecule has 4 heteroatoms. The van der Waals surface area contributed by atoms with Gasteiger partial charge in [-0.3, -0.25) is 4.79 Å². The van der Waals surface area contributed by atoms with Crippen LogP contribution in [0.1, 0.15) is 13.3 Å². The lowest BCUT2D eigenvalue weighted by Gasteiger charge is -2.11. The number of rotatable bonds is 5. The summed E-state index contributed by atoms with van der Waals surface area (Å²) in [5.41, 5.74) is 5.35. The zero-order valence-corrected chi connectivity index (χ0v) is 8.09. The molecule has 0 aliphatic heterocycles. The van der Waals surface area contributed by atoms with Crippen LogP contribution in [0.5, 0.6) is 0 Å². The first kappa shape index (κ1) is 11.9. The second-order valence-corrected chi connectivity index (χ2v) is 2.50. The van der Waals surface area contributed by atoms with E-state index in [1.165, 1.54) is 7.11 Å². The van der Waals surface area contributed by atoms with E-state index in [-0.39, 0.29) is 12.0 Å². The van der Waals surface area contributed by atoms with E-state index in [4.69, 9.17) is 10.5 Å². The van der Waals surface area contributed by atoms with Gasteiger partial charge < -0.3 is 15.8 Å². The Morgan fingerprint density at radius 2 is 2.38 bits per heavy atom. The van der Waals surface area contributed by atoms with Crippen LogP contribution in [0.4, 0.5) is 0 Å². The molecule has 0 bridgehead atoms. The molecular formula is C9H16N2O2. The maximum atomic E-state index is 11.1. The lowest BCUT2D eigenvalue weighted by Crippen LogP contribution is -2.32. The van der Waals surface area contributed by atoms with Gasteiger partial charge in [-0.1, -0.05) is 5.92 Å². The summed E-state index contributed by atoms with van der Waals surface area (Å²) in [6.07, 6.45) is 0.0906. The van der Waals surface area contributed by atoms with Crippen molar-refractivity contribution in [1.29, 1.82) is 0 Å². The second kappa shape index (κ2) is 7.59. The van der Waals surface area contributed by atoms with Gasteiger partial charge in [0.2, 0.25) is 5.91 Å². The molecule has 3 N–H and O–H groups in total. The van der Waals surface area contributed by atoms with E-state index >= 15 is 0 Å². The standard InChI is InChI=1S/C9H16N2O2/c1-3-4-5-11-9(12)6-8(7-10)13-2/h8H,5-7,10H2,1-2H3,(H,11,12). The molecular weight excluding hydrogens is 168 g/mol. The third-order valence-electron chi connectivity index (χ3n) is 1.56. The molecule has 0 radical (unpaired) electrons. The number of hydrogen-bond acceptors (Lipinski definition) is 3. The predicted molar refractivity (Wildman–Crippen MR) is 50.9 cm³/mol. The van der Waals surface area contributed by atoms with Crippen LogP contribution in [-0.2, 0) is 9.53 Å². The largest absolute Gasteiger partial charge is 0.380 e. The van der Waals surface area contributed by atoms with E-state index in [9.17, 15) is 4.79 Å². The Balaban J connectivity index is 3.64. The van der Waals surface area contributed by atoms with Crippen LogP contribution in [-0.4, -0.2) is 32.2 Å². The Hall–Kier alpha value is -1.05. The summed E-state index contributed by atoms with van der Waals surface area (Å²) >= 11 is 0. The molecule has 4 nitrogen and oxygen atoms in total. The van der Waals surface area contributed by atoms with Crippen LogP contribution in [0, 0.1) is 11.8 Å². The van der Waals surface area contributed by atoms with E-state index in [1.807, 2.05) is 0 Å². The van der Waals surface area contributed by atoms with Crippen molar-refractivity contribution in [3.05, 3.63) is 0 Å². The summed E-state index contributed by atoms with van der Waals surface area (Å²) in [5.74, 6) is 5.33. The van der Waals surface area contributed by atoms with Crippen molar-refractivity contribution in [3.63, 3.8) is 0 Å². The minimum Gasteiger partial charge on any atom is -0.380 e. The molecule has 0 aromatic heterocycles. The molecule has 0 aliphatic rings. The minimum atomic E-state index is -0.199. The van der Waals surface area contributed by atoms with Gasteiger partial charge in [-0.15, -0.1) is 5.92 Å². The molecule has 13 heavy (non-hydrogen) atoms. The maximum Gasteiger partial charge on any atom is 0.223 e. The van der Waals surface area contributed by atoms with Crippen molar-refractivity contribution in [2.45, 2.75) is 19.4 Å². The van der Waals surface area contributed by atoms with E-state index in [1.54, 1.807) is 6.92 Å². The number of ether oxygens (including phenoxy) is 1. The van der Waals surface area contributed by atoms with Crippen molar-refractivity contribution in [3.8, 4) is 11.8 Å². The summed E-state index contributed by atoms with van der Waals surface area (Å²) in [6.45, 7) is 2.46. The molecule has 1 amide bonds. The van der Waals surface area contributed by atoms with Gasteiger partial charge in [-0.05, 0) is 6.92 Å². The predicted octanol–water partition coefficient (Wildman–Crippen LogP) is -0.510. The van der Waals surface area contributed by atoms with Crippen molar-refractivity contribution >= 4 is 5.91 Å². The minimum absolute atomic E-state index is 0.0833. The molecule has 0 aromatic carbocycles.